The number of nitrogens with zero attached hydrogens (tertiary/aromatic N) is 1. The number of nitrogens with one attached hydrogen (secondary N) is 2. The Hall–Kier alpha value is -1.53. The van der Waals surface area contributed by atoms with E-state index in [1.807, 2.05) is 0 Å². The Morgan fingerprint density at radius 1 is 1.63 bits per heavy atom. The lowest BCUT2D eigenvalue weighted by molar-refractivity contribution is 0.0685. The molecule has 2 rings (SSSR count). The summed E-state index contributed by atoms with van der Waals surface area (Å²) in [5.41, 5.74) is 2.16. The number of rotatable bonds is 4. The van der Waals surface area contributed by atoms with Gasteiger partial charge in [-0.3, -0.25) is 0 Å². The van der Waals surface area contributed by atoms with Gasteiger partial charge in [0.2, 0.25) is 5.82 Å². The Kier molecular flexibility index (Phi) is 3.82. The molecule has 0 aliphatic heterocycles. The number of carbonyl (C=O) groups is 1. The van der Waals surface area contributed by atoms with Gasteiger partial charge in [-0.15, -0.1) is 4.89 Å². The van der Waals surface area contributed by atoms with Gasteiger partial charge in [0.15, 0.2) is 0 Å². The minimum Gasteiger partial charge on any atom is -0.475 e. The number of imidazole rings is 1. The summed E-state index contributed by atoms with van der Waals surface area (Å²) in [4.78, 5) is 26.3. The van der Waals surface area contributed by atoms with E-state index in [0.717, 1.165) is 0 Å². The third-order valence-corrected chi connectivity index (χ3v) is 3.51. The first-order chi connectivity index (χ1) is 8.90. The first-order valence-corrected chi connectivity index (χ1v) is 6.79. The molecule has 0 radical (unpaired) electrons. The highest BCUT2D eigenvalue weighted by atomic mass is 35.5. The number of halogens is 1. The molecule has 0 fully saturated rings. The number of carboxylic acid groups (broad SMARTS) is 1. The topological polar surface area (TPSA) is 115 Å². The van der Waals surface area contributed by atoms with E-state index in [9.17, 15) is 9.36 Å². The van der Waals surface area contributed by atoms with Crippen LogP contribution in [-0.2, 0) is 11.1 Å². The summed E-state index contributed by atoms with van der Waals surface area (Å²) in [6.45, 7) is 1.80. The van der Waals surface area contributed by atoms with Gasteiger partial charge in [-0.1, -0.05) is 16.7 Å². The summed E-state index contributed by atoms with van der Waals surface area (Å²) in [5.74, 6) is -1.39. The molecule has 19 heavy (non-hydrogen) atoms. The second kappa shape index (κ2) is 5.22. The van der Waals surface area contributed by atoms with Gasteiger partial charge in [0.05, 0.1) is 17.6 Å². The van der Waals surface area contributed by atoms with Crippen LogP contribution in [0.15, 0.2) is 6.07 Å². The van der Waals surface area contributed by atoms with Crippen LogP contribution in [0.5, 0.6) is 0 Å². The van der Waals surface area contributed by atoms with Gasteiger partial charge < -0.3 is 10.1 Å². The fraction of sp³-hybridized carbons (Fsp3) is 0.200. The SMILES string of the molecule is Cc1c(Cl)cc2[nH]c(C(=O)O)nc2c1CN[P+](=O)O. The van der Waals surface area contributed by atoms with Gasteiger partial charge in [0, 0.05) is 10.6 Å². The van der Waals surface area contributed by atoms with Crippen LogP contribution in [-0.4, -0.2) is 25.9 Å². The maximum Gasteiger partial charge on any atom is 0.610 e. The van der Waals surface area contributed by atoms with Crippen molar-refractivity contribution in [3.8, 4) is 0 Å². The summed E-state index contributed by atoms with van der Waals surface area (Å²) in [6.07, 6.45) is 0. The number of aromatic amines is 1. The molecule has 0 spiro atoms. The quantitative estimate of drug-likeness (QED) is 0.642. The van der Waals surface area contributed by atoms with E-state index in [1.165, 1.54) is 0 Å². The monoisotopic (exact) mass is 302 g/mol. The van der Waals surface area contributed by atoms with Crippen LogP contribution in [0.2, 0.25) is 5.02 Å². The first-order valence-electron chi connectivity index (χ1n) is 5.20. The van der Waals surface area contributed by atoms with Crippen LogP contribution in [0.3, 0.4) is 0 Å². The first kappa shape index (κ1) is 13.9. The summed E-state index contributed by atoms with van der Waals surface area (Å²) >= 11 is 6.04. The van der Waals surface area contributed by atoms with Crippen LogP contribution in [0.25, 0.3) is 11.0 Å². The third-order valence-electron chi connectivity index (χ3n) is 2.69. The molecule has 7 nitrogen and oxygen atoms in total. The number of hydrogen-bond acceptors (Lipinski definition) is 3. The fourth-order valence-corrected chi connectivity index (χ4v) is 2.26. The predicted molar refractivity (Wildman–Crippen MR) is 69.5 cm³/mol. The largest absolute Gasteiger partial charge is 0.610 e. The number of fused-ring (bicyclic) bond motifs is 1. The molecule has 1 unspecified atom stereocenters. The summed E-state index contributed by atoms with van der Waals surface area (Å²) in [6, 6.07) is 1.58. The van der Waals surface area contributed by atoms with Crippen molar-refractivity contribution in [1.29, 1.82) is 0 Å². The van der Waals surface area contributed by atoms with Gasteiger partial charge in [-0.05, 0) is 23.1 Å². The van der Waals surface area contributed by atoms with Crippen LogP contribution < -0.4 is 5.09 Å². The minimum absolute atomic E-state index is 0.0680. The van der Waals surface area contributed by atoms with Gasteiger partial charge in [-0.25, -0.2) is 9.78 Å². The van der Waals surface area contributed by atoms with E-state index >= 15 is 0 Å². The van der Waals surface area contributed by atoms with E-state index in [0.29, 0.717) is 27.2 Å². The summed E-state index contributed by atoms with van der Waals surface area (Å²) in [7, 11) is -2.50. The van der Waals surface area contributed by atoms with Crippen molar-refractivity contribution in [2.45, 2.75) is 13.5 Å². The number of aromatic nitrogens is 2. The van der Waals surface area contributed by atoms with Crippen LogP contribution in [0.4, 0.5) is 0 Å². The molecule has 1 aromatic heterocycles. The predicted octanol–water partition coefficient (Wildman–Crippen LogP) is 1.96. The molecule has 100 valence electrons. The molecule has 0 saturated carbocycles. The van der Waals surface area contributed by atoms with Crippen LogP contribution in [0.1, 0.15) is 21.7 Å². The maximum absolute atomic E-state index is 10.9. The van der Waals surface area contributed by atoms with E-state index in [1.54, 1.807) is 13.0 Å². The number of carboxylic acids is 1. The Morgan fingerprint density at radius 3 is 2.89 bits per heavy atom. The summed E-state index contributed by atoms with van der Waals surface area (Å²) < 4.78 is 10.7. The van der Waals surface area contributed by atoms with Gasteiger partial charge >= 0.3 is 14.1 Å². The summed E-state index contributed by atoms with van der Waals surface area (Å²) in [5, 5.41) is 11.7. The highest BCUT2D eigenvalue weighted by molar-refractivity contribution is 7.35. The second-order valence-corrected chi connectivity index (χ2v) is 5.13. The molecule has 1 atom stereocenters. The molecule has 9 heteroatoms. The molecule has 0 saturated heterocycles. The van der Waals surface area contributed by atoms with Crippen molar-refractivity contribution in [1.82, 2.24) is 15.1 Å². The molecule has 1 heterocycles. The molecular formula is C10H10ClN3O4P+. The van der Waals surface area contributed by atoms with Crippen molar-refractivity contribution in [3.63, 3.8) is 0 Å². The molecule has 0 aliphatic carbocycles. The van der Waals surface area contributed by atoms with Gasteiger partial charge in [0.1, 0.15) is 0 Å². The lowest BCUT2D eigenvalue weighted by Gasteiger charge is -2.05. The van der Waals surface area contributed by atoms with Crippen LogP contribution in [0, 0.1) is 6.92 Å². The van der Waals surface area contributed by atoms with Gasteiger partial charge in [-0.2, -0.15) is 0 Å². The zero-order chi connectivity index (χ0) is 14.2. The number of H-pyrrole nitrogens is 1. The Labute approximate surface area is 113 Å². The highest BCUT2D eigenvalue weighted by Crippen LogP contribution is 2.28. The molecule has 0 amide bonds. The molecule has 4 N–H and O–H groups in total. The lowest BCUT2D eigenvalue weighted by Crippen LogP contribution is -2.05. The van der Waals surface area contributed by atoms with Crippen molar-refractivity contribution in [2.75, 3.05) is 0 Å². The van der Waals surface area contributed by atoms with E-state index in [2.05, 4.69) is 15.1 Å². The van der Waals surface area contributed by atoms with Gasteiger partial charge in [0.25, 0.3) is 0 Å². The Morgan fingerprint density at radius 2 is 2.32 bits per heavy atom. The fourth-order valence-electron chi connectivity index (χ4n) is 1.74. The zero-order valence-corrected chi connectivity index (χ0v) is 11.4. The number of benzene rings is 1. The standard InChI is InChI=1S/C10H9ClN3O4P/c1-4-5(3-12-19(17)18)8-7(2-6(4)11)13-9(14-8)10(15)16/h2H,3H2,1H3,(H3-,12,13,14,15,16,17,18)/p+1. The average Bonchev–Trinajstić information content (AvgIpc) is 2.73. The number of aromatic carboxylic acids is 1. The highest BCUT2D eigenvalue weighted by Gasteiger charge is 2.19. The third kappa shape index (κ3) is 2.74. The van der Waals surface area contributed by atoms with Crippen LogP contribution >= 0.6 is 19.8 Å². The molecule has 1 aromatic carbocycles. The second-order valence-electron chi connectivity index (χ2n) is 3.86. The molecule has 0 aliphatic rings. The zero-order valence-electron chi connectivity index (χ0n) is 9.77. The Bertz CT molecular complexity index is 685. The Balaban J connectivity index is 2.60. The molecule has 0 bridgehead atoms. The normalized spacial score (nSPS) is 11.8. The van der Waals surface area contributed by atoms with Crippen molar-refractivity contribution in [2.24, 2.45) is 0 Å². The molecular weight excluding hydrogens is 293 g/mol. The maximum atomic E-state index is 10.9. The van der Waals surface area contributed by atoms with E-state index in [4.69, 9.17) is 21.6 Å². The van der Waals surface area contributed by atoms with Crippen molar-refractivity contribution >= 4 is 36.8 Å². The van der Waals surface area contributed by atoms with Crippen molar-refractivity contribution < 1.29 is 19.4 Å². The average molecular weight is 303 g/mol. The van der Waals surface area contributed by atoms with E-state index in [-0.39, 0.29) is 12.4 Å². The smallest absolute Gasteiger partial charge is 0.475 e. The van der Waals surface area contributed by atoms with E-state index < -0.39 is 14.1 Å². The lowest BCUT2D eigenvalue weighted by atomic mass is 10.1. The number of hydrogen-bond donors (Lipinski definition) is 4. The molecule has 2 aromatic rings. The minimum atomic E-state index is -2.50. The van der Waals surface area contributed by atoms with Crippen molar-refractivity contribution in [3.05, 3.63) is 28.0 Å².